The van der Waals surface area contributed by atoms with Crippen molar-refractivity contribution in [2.24, 2.45) is 11.1 Å². The van der Waals surface area contributed by atoms with Crippen LogP contribution in [0.1, 0.15) is 38.7 Å². The second-order valence-corrected chi connectivity index (χ2v) is 7.29. The zero-order chi connectivity index (χ0) is 18.2. The van der Waals surface area contributed by atoms with Crippen molar-refractivity contribution >= 4 is 23.2 Å². The molecule has 1 heterocycles. The highest BCUT2D eigenvalue weighted by Gasteiger charge is 2.26. The van der Waals surface area contributed by atoms with Gasteiger partial charge in [-0.05, 0) is 37.1 Å². The van der Waals surface area contributed by atoms with Gasteiger partial charge >= 0.3 is 0 Å². The zero-order valence-corrected chi connectivity index (χ0v) is 16.1. The number of rotatable bonds is 7. The third-order valence-corrected chi connectivity index (χ3v) is 4.60. The Kier molecular flexibility index (Phi) is 7.72. The summed E-state index contributed by atoms with van der Waals surface area (Å²) in [6, 6.07) is 7.44. The Morgan fingerprint density at radius 1 is 1.28 bits per heavy atom. The molecule has 138 valence electrons. The van der Waals surface area contributed by atoms with E-state index in [-0.39, 0.29) is 11.9 Å². The molecule has 0 spiro atoms. The molecule has 1 N–H and O–H groups in total. The van der Waals surface area contributed by atoms with Crippen molar-refractivity contribution in [2.75, 3.05) is 20.1 Å². The Morgan fingerprint density at radius 2 is 1.92 bits per heavy atom. The van der Waals surface area contributed by atoms with Crippen molar-refractivity contribution in [1.82, 2.24) is 10.2 Å². The molecule has 6 heteroatoms. The van der Waals surface area contributed by atoms with E-state index in [0.29, 0.717) is 30.6 Å². The maximum absolute atomic E-state index is 12.6. The monoisotopic (exact) mass is 365 g/mol. The third-order valence-electron chi connectivity index (χ3n) is 4.34. The number of oxime groups is 1. The van der Waals surface area contributed by atoms with Crippen LogP contribution in [-0.2, 0) is 16.2 Å². The van der Waals surface area contributed by atoms with Crippen LogP contribution < -0.4 is 5.32 Å². The van der Waals surface area contributed by atoms with Gasteiger partial charge in [-0.15, -0.1) is 0 Å². The number of hydrogen-bond acceptors (Lipinski definition) is 4. The summed E-state index contributed by atoms with van der Waals surface area (Å²) >= 11 is 5.86. The molecule has 1 aliphatic rings. The van der Waals surface area contributed by atoms with Gasteiger partial charge in [-0.1, -0.05) is 42.7 Å². The molecule has 25 heavy (non-hydrogen) atoms. The SMILES string of the molecule is CN[C@@H](CC(C)C)C(=O)N1CCC(=NOCc2ccc(Cl)cc2)CC1. The molecular formula is C19H28ClN3O2. The van der Waals surface area contributed by atoms with Gasteiger partial charge in [0, 0.05) is 31.0 Å². The molecule has 1 aromatic carbocycles. The summed E-state index contributed by atoms with van der Waals surface area (Å²) in [5, 5.41) is 8.09. The van der Waals surface area contributed by atoms with Crippen molar-refractivity contribution < 1.29 is 9.63 Å². The molecule has 1 saturated heterocycles. The fourth-order valence-corrected chi connectivity index (χ4v) is 3.02. The van der Waals surface area contributed by atoms with E-state index in [1.165, 1.54) is 0 Å². The highest BCUT2D eigenvalue weighted by Crippen LogP contribution is 2.14. The van der Waals surface area contributed by atoms with E-state index in [1.54, 1.807) is 0 Å². The number of carbonyl (C=O) groups is 1. The highest BCUT2D eigenvalue weighted by atomic mass is 35.5. The number of likely N-dealkylation sites (tertiary alicyclic amines) is 1. The number of likely N-dealkylation sites (N-methyl/N-ethyl adjacent to an activating group) is 1. The molecule has 1 aliphatic heterocycles. The smallest absolute Gasteiger partial charge is 0.239 e. The fraction of sp³-hybridized carbons (Fsp3) is 0.579. The molecule has 1 amide bonds. The third kappa shape index (κ3) is 6.33. The van der Waals surface area contributed by atoms with Crippen molar-refractivity contribution in [3.05, 3.63) is 34.9 Å². The van der Waals surface area contributed by atoms with Crippen molar-refractivity contribution in [1.29, 1.82) is 0 Å². The van der Waals surface area contributed by atoms with Crippen LogP contribution in [0.2, 0.25) is 5.02 Å². The maximum Gasteiger partial charge on any atom is 0.239 e. The van der Waals surface area contributed by atoms with Crippen LogP contribution in [0.3, 0.4) is 0 Å². The first-order valence-electron chi connectivity index (χ1n) is 8.87. The van der Waals surface area contributed by atoms with Crippen LogP contribution in [0, 0.1) is 5.92 Å². The van der Waals surface area contributed by atoms with Crippen LogP contribution in [0.25, 0.3) is 0 Å². The number of amides is 1. The van der Waals surface area contributed by atoms with E-state index in [0.717, 1.165) is 30.5 Å². The second kappa shape index (κ2) is 9.78. The average Bonchev–Trinajstić information content (AvgIpc) is 2.61. The first-order chi connectivity index (χ1) is 12.0. The number of nitrogens with one attached hydrogen (secondary N) is 1. The minimum Gasteiger partial charge on any atom is -0.391 e. The molecule has 1 aromatic rings. The van der Waals surface area contributed by atoms with Crippen LogP contribution in [0.4, 0.5) is 0 Å². The molecule has 5 nitrogen and oxygen atoms in total. The Balaban J connectivity index is 1.78. The summed E-state index contributed by atoms with van der Waals surface area (Å²) in [6.07, 6.45) is 2.39. The van der Waals surface area contributed by atoms with Crippen molar-refractivity contribution in [3.8, 4) is 0 Å². The summed E-state index contributed by atoms with van der Waals surface area (Å²) in [4.78, 5) is 20.0. The first-order valence-corrected chi connectivity index (χ1v) is 9.25. The maximum atomic E-state index is 12.6. The van der Waals surface area contributed by atoms with Crippen molar-refractivity contribution in [2.45, 2.75) is 45.8 Å². The Labute approximate surface area is 155 Å². The second-order valence-electron chi connectivity index (χ2n) is 6.85. The Hall–Kier alpha value is -1.59. The molecule has 0 bridgehead atoms. The summed E-state index contributed by atoms with van der Waals surface area (Å²) in [5.74, 6) is 0.682. The lowest BCUT2D eigenvalue weighted by molar-refractivity contribution is -0.133. The van der Waals surface area contributed by atoms with Crippen LogP contribution >= 0.6 is 11.6 Å². The van der Waals surface area contributed by atoms with Gasteiger partial charge in [-0.3, -0.25) is 4.79 Å². The lowest BCUT2D eigenvalue weighted by Crippen LogP contribution is -2.48. The number of nitrogens with zero attached hydrogens (tertiary/aromatic N) is 2. The van der Waals surface area contributed by atoms with E-state index >= 15 is 0 Å². The lowest BCUT2D eigenvalue weighted by atomic mass is 10.0. The zero-order valence-electron chi connectivity index (χ0n) is 15.3. The van der Waals surface area contributed by atoms with Gasteiger partial charge in [0.05, 0.1) is 11.8 Å². The molecule has 0 unspecified atom stereocenters. The van der Waals surface area contributed by atoms with Gasteiger partial charge in [-0.2, -0.15) is 0 Å². The Bertz CT molecular complexity index is 577. The van der Waals surface area contributed by atoms with E-state index in [9.17, 15) is 4.79 Å². The first kappa shape index (κ1) is 19.7. The van der Waals surface area contributed by atoms with E-state index < -0.39 is 0 Å². The number of carbonyl (C=O) groups excluding carboxylic acids is 1. The van der Waals surface area contributed by atoms with Gasteiger partial charge in [0.15, 0.2) is 0 Å². The summed E-state index contributed by atoms with van der Waals surface area (Å²) < 4.78 is 0. The van der Waals surface area contributed by atoms with E-state index in [4.69, 9.17) is 16.4 Å². The van der Waals surface area contributed by atoms with Crippen molar-refractivity contribution in [3.63, 3.8) is 0 Å². The van der Waals surface area contributed by atoms with Crippen LogP contribution in [0.5, 0.6) is 0 Å². The van der Waals surface area contributed by atoms with Crippen LogP contribution in [0.15, 0.2) is 29.4 Å². The summed E-state index contributed by atoms with van der Waals surface area (Å²) in [5.41, 5.74) is 2.05. The number of piperidine rings is 1. The Morgan fingerprint density at radius 3 is 2.48 bits per heavy atom. The van der Waals surface area contributed by atoms with Gasteiger partial charge in [0.25, 0.3) is 0 Å². The van der Waals surface area contributed by atoms with Gasteiger partial charge in [-0.25, -0.2) is 0 Å². The summed E-state index contributed by atoms with van der Waals surface area (Å²) in [7, 11) is 1.85. The molecule has 2 rings (SSSR count). The normalized spacial score (nSPS) is 16.0. The molecule has 0 aliphatic carbocycles. The molecule has 0 saturated carbocycles. The van der Waals surface area contributed by atoms with Crippen LogP contribution in [-0.4, -0.2) is 42.7 Å². The number of hydrogen-bond donors (Lipinski definition) is 1. The van der Waals surface area contributed by atoms with Gasteiger partial charge in [0.2, 0.25) is 5.91 Å². The molecule has 0 radical (unpaired) electrons. The topological polar surface area (TPSA) is 53.9 Å². The average molecular weight is 366 g/mol. The minimum absolute atomic E-state index is 0.0976. The van der Waals surface area contributed by atoms with E-state index in [2.05, 4.69) is 24.3 Å². The predicted molar refractivity (Wildman–Crippen MR) is 102 cm³/mol. The van der Waals surface area contributed by atoms with Gasteiger partial charge in [0.1, 0.15) is 6.61 Å². The molecule has 1 atom stereocenters. The molecular weight excluding hydrogens is 338 g/mol. The highest BCUT2D eigenvalue weighted by molar-refractivity contribution is 6.30. The van der Waals surface area contributed by atoms with Gasteiger partial charge < -0.3 is 15.1 Å². The minimum atomic E-state index is -0.0976. The predicted octanol–water partition coefficient (Wildman–Crippen LogP) is 3.47. The number of benzene rings is 1. The quantitative estimate of drug-likeness (QED) is 0.753. The largest absolute Gasteiger partial charge is 0.391 e. The summed E-state index contributed by atoms with van der Waals surface area (Å²) in [6.45, 7) is 6.11. The standard InChI is InChI=1S/C19H28ClN3O2/c1-14(2)12-18(21-3)19(24)23-10-8-17(9-11-23)22-25-13-15-4-6-16(20)7-5-15/h4-7,14,18,21H,8-13H2,1-3H3/t18-/m0/s1. The number of halogens is 1. The van der Waals surface area contributed by atoms with E-state index in [1.807, 2.05) is 36.2 Å². The fourth-order valence-electron chi connectivity index (χ4n) is 2.89. The molecule has 0 aromatic heterocycles. The molecule has 1 fully saturated rings. The lowest BCUT2D eigenvalue weighted by Gasteiger charge is -2.31.